The van der Waals surface area contributed by atoms with Crippen molar-refractivity contribution in [2.75, 3.05) is 33.0 Å². The number of aromatic carboxylic acids is 1. The molecule has 0 aromatic heterocycles. The first-order valence-corrected chi connectivity index (χ1v) is 8.81. The molecule has 1 atom stereocenters. The molecule has 0 saturated heterocycles. The minimum absolute atomic E-state index is 0.133. The molecule has 0 radical (unpaired) electrons. The number of anilines is 1. The SMILES string of the molecule is CCCCCCC(C)c1ccc(C(=O)O)c(OCCN(C)C)c1N. The fourth-order valence-corrected chi connectivity index (χ4v) is 2.73. The van der Waals surface area contributed by atoms with Gasteiger partial charge in [0.15, 0.2) is 5.75 Å². The Morgan fingerprint density at radius 1 is 1.29 bits per heavy atom. The molecule has 1 aromatic carbocycles. The monoisotopic (exact) mass is 336 g/mol. The molecule has 0 saturated carbocycles. The summed E-state index contributed by atoms with van der Waals surface area (Å²) in [5, 5.41) is 9.38. The van der Waals surface area contributed by atoms with Gasteiger partial charge >= 0.3 is 5.97 Å². The fourth-order valence-electron chi connectivity index (χ4n) is 2.73. The van der Waals surface area contributed by atoms with E-state index < -0.39 is 5.97 Å². The lowest BCUT2D eigenvalue weighted by atomic mass is 9.92. The highest BCUT2D eigenvalue weighted by Gasteiger charge is 2.20. The summed E-state index contributed by atoms with van der Waals surface area (Å²) < 4.78 is 5.73. The first-order valence-electron chi connectivity index (χ1n) is 8.81. The number of nitrogens with zero attached hydrogens (tertiary/aromatic N) is 1. The number of nitrogens with two attached hydrogens (primary N) is 1. The van der Waals surface area contributed by atoms with Crippen molar-refractivity contribution in [3.05, 3.63) is 23.3 Å². The second kappa shape index (κ2) is 10.2. The molecule has 0 fully saturated rings. The van der Waals surface area contributed by atoms with Crippen molar-refractivity contribution in [1.82, 2.24) is 4.90 Å². The Hall–Kier alpha value is -1.75. The van der Waals surface area contributed by atoms with E-state index in [1.165, 1.54) is 19.3 Å². The molecule has 1 aromatic rings. The van der Waals surface area contributed by atoms with E-state index in [-0.39, 0.29) is 5.56 Å². The van der Waals surface area contributed by atoms with Gasteiger partial charge in [-0.15, -0.1) is 0 Å². The molecular weight excluding hydrogens is 304 g/mol. The lowest BCUT2D eigenvalue weighted by Crippen LogP contribution is -2.20. The van der Waals surface area contributed by atoms with Gasteiger partial charge in [-0.2, -0.15) is 0 Å². The summed E-state index contributed by atoms with van der Waals surface area (Å²) in [6, 6.07) is 3.45. The minimum Gasteiger partial charge on any atom is -0.489 e. The van der Waals surface area contributed by atoms with Crippen LogP contribution < -0.4 is 10.5 Å². The van der Waals surface area contributed by atoms with E-state index in [4.69, 9.17) is 10.5 Å². The van der Waals surface area contributed by atoms with E-state index in [1.807, 2.05) is 25.1 Å². The first-order chi connectivity index (χ1) is 11.4. The van der Waals surface area contributed by atoms with Crippen LogP contribution in [0.25, 0.3) is 0 Å². The summed E-state index contributed by atoms with van der Waals surface area (Å²) in [4.78, 5) is 13.4. The molecule has 0 heterocycles. The Bertz CT molecular complexity index is 530. The molecule has 5 heteroatoms. The smallest absolute Gasteiger partial charge is 0.339 e. The molecular formula is C19H32N2O3. The molecule has 5 nitrogen and oxygen atoms in total. The largest absolute Gasteiger partial charge is 0.489 e. The second-order valence-electron chi connectivity index (χ2n) is 6.65. The van der Waals surface area contributed by atoms with Crippen molar-refractivity contribution in [3.8, 4) is 5.75 Å². The molecule has 0 bridgehead atoms. The van der Waals surface area contributed by atoms with Crippen LogP contribution in [0.3, 0.4) is 0 Å². The highest BCUT2D eigenvalue weighted by molar-refractivity contribution is 5.93. The number of carboxylic acid groups (broad SMARTS) is 1. The van der Waals surface area contributed by atoms with Gasteiger partial charge in [0.05, 0.1) is 5.69 Å². The molecule has 0 aliphatic rings. The van der Waals surface area contributed by atoms with Gasteiger partial charge in [0.2, 0.25) is 0 Å². The number of carboxylic acids is 1. The number of benzene rings is 1. The molecule has 0 spiro atoms. The summed E-state index contributed by atoms with van der Waals surface area (Å²) in [5.74, 6) is -0.410. The highest BCUT2D eigenvalue weighted by atomic mass is 16.5. The maximum absolute atomic E-state index is 11.5. The Labute approximate surface area is 145 Å². The van der Waals surface area contributed by atoms with Crippen LogP contribution in [0.4, 0.5) is 5.69 Å². The average Bonchev–Trinajstić information content (AvgIpc) is 2.52. The average molecular weight is 336 g/mol. The number of nitrogen functional groups attached to an aromatic ring is 1. The van der Waals surface area contributed by atoms with E-state index in [0.717, 1.165) is 18.4 Å². The molecule has 0 aliphatic heterocycles. The number of carbonyl (C=O) groups is 1. The van der Waals surface area contributed by atoms with Crippen molar-refractivity contribution >= 4 is 11.7 Å². The van der Waals surface area contributed by atoms with Crippen molar-refractivity contribution in [3.63, 3.8) is 0 Å². The van der Waals surface area contributed by atoms with E-state index in [0.29, 0.717) is 30.5 Å². The van der Waals surface area contributed by atoms with Gasteiger partial charge in [-0.25, -0.2) is 4.79 Å². The third-order valence-corrected chi connectivity index (χ3v) is 4.27. The van der Waals surface area contributed by atoms with Crippen molar-refractivity contribution in [2.24, 2.45) is 0 Å². The van der Waals surface area contributed by atoms with Crippen molar-refractivity contribution < 1.29 is 14.6 Å². The maximum atomic E-state index is 11.5. The molecule has 3 N–H and O–H groups in total. The second-order valence-corrected chi connectivity index (χ2v) is 6.65. The summed E-state index contributed by atoms with van der Waals surface area (Å²) in [6.45, 7) is 5.45. The van der Waals surface area contributed by atoms with E-state index in [2.05, 4.69) is 13.8 Å². The number of ether oxygens (including phenoxy) is 1. The van der Waals surface area contributed by atoms with Gasteiger partial charge in [-0.3, -0.25) is 0 Å². The lowest BCUT2D eigenvalue weighted by molar-refractivity contribution is 0.0692. The number of hydrogen-bond donors (Lipinski definition) is 2. The maximum Gasteiger partial charge on any atom is 0.339 e. The van der Waals surface area contributed by atoms with Gasteiger partial charge in [0, 0.05) is 6.54 Å². The van der Waals surface area contributed by atoms with Gasteiger partial charge < -0.3 is 20.5 Å². The standard InChI is InChI=1S/C19H32N2O3/c1-5-6-7-8-9-14(2)15-10-11-16(19(22)23)18(17(15)20)24-13-12-21(3)4/h10-11,14H,5-9,12-13,20H2,1-4H3,(H,22,23). The zero-order chi connectivity index (χ0) is 18.1. The third kappa shape index (κ3) is 6.04. The van der Waals surface area contributed by atoms with Crippen LogP contribution in [0, 0.1) is 0 Å². The summed E-state index contributed by atoms with van der Waals surface area (Å²) in [6.07, 6.45) is 5.90. The molecule has 0 aliphatic carbocycles. The normalized spacial score (nSPS) is 12.4. The zero-order valence-corrected chi connectivity index (χ0v) is 15.5. The zero-order valence-electron chi connectivity index (χ0n) is 15.5. The topological polar surface area (TPSA) is 75.8 Å². The molecule has 1 unspecified atom stereocenters. The Kier molecular flexibility index (Phi) is 8.61. The van der Waals surface area contributed by atoms with Gasteiger partial charge in [-0.05, 0) is 38.1 Å². The Morgan fingerprint density at radius 2 is 2.00 bits per heavy atom. The molecule has 0 amide bonds. The van der Waals surface area contributed by atoms with E-state index in [1.54, 1.807) is 6.07 Å². The lowest BCUT2D eigenvalue weighted by Gasteiger charge is -2.20. The van der Waals surface area contributed by atoms with Crippen LogP contribution in [-0.4, -0.2) is 43.2 Å². The predicted molar refractivity (Wildman–Crippen MR) is 99.0 cm³/mol. The quantitative estimate of drug-likeness (QED) is 0.472. The number of likely N-dealkylation sites (N-methyl/N-ethyl adjacent to an activating group) is 1. The van der Waals surface area contributed by atoms with Crippen molar-refractivity contribution in [2.45, 2.75) is 51.9 Å². The molecule has 136 valence electrons. The molecule has 24 heavy (non-hydrogen) atoms. The van der Waals surface area contributed by atoms with Gasteiger partial charge in [-0.1, -0.05) is 45.6 Å². The summed E-state index contributed by atoms with van der Waals surface area (Å²) in [5.41, 5.74) is 7.85. The van der Waals surface area contributed by atoms with E-state index in [9.17, 15) is 9.90 Å². The number of hydrogen-bond acceptors (Lipinski definition) is 4. The van der Waals surface area contributed by atoms with Gasteiger partial charge in [0.1, 0.15) is 12.2 Å². The Morgan fingerprint density at radius 3 is 2.58 bits per heavy atom. The first kappa shape index (κ1) is 20.3. The third-order valence-electron chi connectivity index (χ3n) is 4.27. The predicted octanol–water partition coefficient (Wildman–Crippen LogP) is 3.98. The summed E-state index contributed by atoms with van der Waals surface area (Å²) in [7, 11) is 3.89. The van der Waals surface area contributed by atoms with Crippen LogP contribution in [0.15, 0.2) is 12.1 Å². The van der Waals surface area contributed by atoms with Crippen molar-refractivity contribution in [1.29, 1.82) is 0 Å². The number of rotatable bonds is 11. The van der Waals surface area contributed by atoms with E-state index >= 15 is 0 Å². The van der Waals surface area contributed by atoms with Crippen LogP contribution in [0.5, 0.6) is 5.75 Å². The highest BCUT2D eigenvalue weighted by Crippen LogP contribution is 2.36. The molecule has 1 rings (SSSR count). The van der Waals surface area contributed by atoms with Crippen LogP contribution >= 0.6 is 0 Å². The minimum atomic E-state index is -1.01. The van der Waals surface area contributed by atoms with Crippen LogP contribution in [-0.2, 0) is 0 Å². The summed E-state index contributed by atoms with van der Waals surface area (Å²) >= 11 is 0. The van der Waals surface area contributed by atoms with Gasteiger partial charge in [0.25, 0.3) is 0 Å². The van der Waals surface area contributed by atoms with Crippen LogP contribution in [0.1, 0.15) is 67.8 Å². The Balaban J connectivity index is 2.91. The fraction of sp³-hybridized carbons (Fsp3) is 0.632. The number of unbranched alkanes of at least 4 members (excludes halogenated alkanes) is 3. The van der Waals surface area contributed by atoms with Crippen LogP contribution in [0.2, 0.25) is 0 Å².